The lowest BCUT2D eigenvalue weighted by molar-refractivity contribution is 0.0930. The van der Waals surface area contributed by atoms with E-state index in [0.29, 0.717) is 17.1 Å². The molecule has 1 aromatic heterocycles. The number of imidazole rings is 1. The second-order valence-corrected chi connectivity index (χ2v) is 4.93. The molecule has 1 aromatic carbocycles. The molecule has 118 valence electrons. The maximum absolute atomic E-state index is 12.6. The SMILES string of the molecule is CCC(NC(=O)c1cccc(OC)c1OC)c1ncc(C)[nH]1. The van der Waals surface area contributed by atoms with Gasteiger partial charge < -0.3 is 19.8 Å². The smallest absolute Gasteiger partial charge is 0.255 e. The third-order valence-electron chi connectivity index (χ3n) is 3.41. The Hall–Kier alpha value is -2.50. The van der Waals surface area contributed by atoms with Gasteiger partial charge in [0.2, 0.25) is 0 Å². The van der Waals surface area contributed by atoms with Crippen LogP contribution in [0.5, 0.6) is 11.5 Å². The molecule has 1 unspecified atom stereocenters. The van der Waals surface area contributed by atoms with Gasteiger partial charge in [-0.2, -0.15) is 0 Å². The number of rotatable bonds is 6. The third-order valence-corrected chi connectivity index (χ3v) is 3.41. The van der Waals surface area contributed by atoms with Crippen LogP contribution in [-0.2, 0) is 0 Å². The van der Waals surface area contributed by atoms with Gasteiger partial charge in [0.25, 0.3) is 5.91 Å². The maximum Gasteiger partial charge on any atom is 0.255 e. The van der Waals surface area contributed by atoms with Crippen LogP contribution in [0.3, 0.4) is 0 Å². The van der Waals surface area contributed by atoms with Crippen LogP contribution in [0, 0.1) is 6.92 Å². The summed E-state index contributed by atoms with van der Waals surface area (Å²) in [5, 5.41) is 2.97. The van der Waals surface area contributed by atoms with Gasteiger partial charge in [-0.25, -0.2) is 4.98 Å². The minimum atomic E-state index is -0.225. The van der Waals surface area contributed by atoms with Crippen molar-refractivity contribution in [3.8, 4) is 11.5 Å². The van der Waals surface area contributed by atoms with Gasteiger partial charge in [0.05, 0.1) is 25.8 Å². The summed E-state index contributed by atoms with van der Waals surface area (Å²) in [5.74, 6) is 1.47. The van der Waals surface area contributed by atoms with Gasteiger partial charge in [-0.1, -0.05) is 13.0 Å². The molecule has 1 atom stereocenters. The summed E-state index contributed by atoms with van der Waals surface area (Å²) in [6.45, 7) is 3.92. The second kappa shape index (κ2) is 6.98. The number of nitrogens with zero attached hydrogens (tertiary/aromatic N) is 1. The number of amides is 1. The van der Waals surface area contributed by atoms with Crippen LogP contribution < -0.4 is 14.8 Å². The highest BCUT2D eigenvalue weighted by atomic mass is 16.5. The van der Waals surface area contributed by atoms with Crippen molar-refractivity contribution in [2.24, 2.45) is 0 Å². The predicted molar refractivity (Wildman–Crippen MR) is 83.4 cm³/mol. The zero-order valence-electron chi connectivity index (χ0n) is 13.3. The van der Waals surface area contributed by atoms with Gasteiger partial charge in [0.1, 0.15) is 5.82 Å². The van der Waals surface area contributed by atoms with Gasteiger partial charge in [-0.05, 0) is 25.5 Å². The van der Waals surface area contributed by atoms with E-state index in [4.69, 9.17) is 9.47 Å². The molecular weight excluding hydrogens is 282 g/mol. The summed E-state index contributed by atoms with van der Waals surface area (Å²) in [6, 6.07) is 5.03. The number of H-pyrrole nitrogens is 1. The number of nitrogens with one attached hydrogen (secondary N) is 2. The van der Waals surface area contributed by atoms with Crippen LogP contribution in [0.15, 0.2) is 24.4 Å². The van der Waals surface area contributed by atoms with Crippen molar-refractivity contribution in [3.05, 3.63) is 41.5 Å². The lowest BCUT2D eigenvalue weighted by atomic mass is 10.1. The average molecular weight is 303 g/mol. The second-order valence-electron chi connectivity index (χ2n) is 4.93. The number of ether oxygens (including phenoxy) is 2. The van der Waals surface area contributed by atoms with Gasteiger partial charge >= 0.3 is 0 Å². The molecule has 1 heterocycles. The Balaban J connectivity index is 2.24. The number of aromatic nitrogens is 2. The molecule has 2 N–H and O–H groups in total. The van der Waals surface area contributed by atoms with Crippen LogP contribution in [0.4, 0.5) is 0 Å². The topological polar surface area (TPSA) is 76.2 Å². The summed E-state index contributed by atoms with van der Waals surface area (Å²) in [4.78, 5) is 20.0. The lowest BCUT2D eigenvalue weighted by Gasteiger charge is -2.17. The van der Waals surface area contributed by atoms with Crippen molar-refractivity contribution in [2.45, 2.75) is 26.3 Å². The molecule has 1 amide bonds. The van der Waals surface area contributed by atoms with Crippen molar-refractivity contribution in [2.75, 3.05) is 14.2 Å². The molecule has 0 bridgehead atoms. The van der Waals surface area contributed by atoms with Gasteiger partial charge in [0, 0.05) is 11.9 Å². The summed E-state index contributed by atoms with van der Waals surface area (Å²) in [7, 11) is 3.06. The average Bonchev–Trinajstić information content (AvgIpc) is 2.97. The van der Waals surface area contributed by atoms with Crippen LogP contribution in [0.25, 0.3) is 0 Å². The molecular formula is C16H21N3O3. The molecule has 0 radical (unpaired) electrons. The summed E-state index contributed by atoms with van der Waals surface area (Å²) in [6.07, 6.45) is 2.47. The summed E-state index contributed by atoms with van der Waals surface area (Å²) in [5.41, 5.74) is 1.39. The Morgan fingerprint density at radius 3 is 2.68 bits per heavy atom. The molecule has 0 aliphatic carbocycles. The minimum Gasteiger partial charge on any atom is -0.493 e. The van der Waals surface area contributed by atoms with E-state index in [0.717, 1.165) is 17.9 Å². The first kappa shape index (κ1) is 15.9. The number of para-hydroxylation sites is 1. The molecule has 2 aromatic rings. The number of carbonyl (C=O) groups is 1. The summed E-state index contributed by atoms with van der Waals surface area (Å²) < 4.78 is 10.5. The van der Waals surface area contributed by atoms with E-state index in [-0.39, 0.29) is 11.9 Å². The molecule has 22 heavy (non-hydrogen) atoms. The molecule has 0 spiro atoms. The third kappa shape index (κ3) is 3.21. The fourth-order valence-corrected chi connectivity index (χ4v) is 2.28. The Morgan fingerprint density at radius 2 is 2.14 bits per heavy atom. The highest BCUT2D eigenvalue weighted by molar-refractivity contribution is 5.98. The van der Waals surface area contributed by atoms with Gasteiger partial charge in [-0.3, -0.25) is 4.79 Å². The lowest BCUT2D eigenvalue weighted by Crippen LogP contribution is -2.29. The van der Waals surface area contributed by atoms with E-state index in [9.17, 15) is 4.79 Å². The molecule has 0 saturated heterocycles. The van der Waals surface area contributed by atoms with Crippen LogP contribution in [-0.4, -0.2) is 30.1 Å². The highest BCUT2D eigenvalue weighted by Gasteiger charge is 2.21. The standard InChI is InChI=1S/C16H21N3O3/c1-5-12(15-17-9-10(2)18-15)19-16(20)11-7-6-8-13(21-3)14(11)22-4/h6-9,12H,5H2,1-4H3,(H,17,18)(H,19,20). The van der Waals surface area contributed by atoms with E-state index in [2.05, 4.69) is 15.3 Å². The van der Waals surface area contributed by atoms with Crippen molar-refractivity contribution < 1.29 is 14.3 Å². The number of hydrogen-bond acceptors (Lipinski definition) is 4. The predicted octanol–water partition coefficient (Wildman–Crippen LogP) is 2.62. The van der Waals surface area contributed by atoms with E-state index < -0.39 is 0 Å². The van der Waals surface area contributed by atoms with Crippen LogP contribution in [0.1, 0.15) is 41.3 Å². The van der Waals surface area contributed by atoms with Crippen molar-refractivity contribution in [1.82, 2.24) is 15.3 Å². The van der Waals surface area contributed by atoms with Crippen LogP contribution >= 0.6 is 0 Å². The summed E-state index contributed by atoms with van der Waals surface area (Å²) >= 11 is 0. The number of methoxy groups -OCH3 is 2. The first-order valence-corrected chi connectivity index (χ1v) is 7.14. The highest BCUT2D eigenvalue weighted by Crippen LogP contribution is 2.31. The zero-order valence-corrected chi connectivity index (χ0v) is 13.3. The Labute approximate surface area is 129 Å². The molecule has 0 saturated carbocycles. The number of aryl methyl sites for hydroxylation is 1. The van der Waals surface area contributed by atoms with Crippen molar-refractivity contribution in [3.63, 3.8) is 0 Å². The molecule has 0 fully saturated rings. The first-order chi connectivity index (χ1) is 10.6. The molecule has 2 rings (SSSR count). The van der Waals surface area contributed by atoms with E-state index in [1.165, 1.54) is 7.11 Å². The van der Waals surface area contributed by atoms with Crippen molar-refractivity contribution >= 4 is 5.91 Å². The van der Waals surface area contributed by atoms with Gasteiger partial charge in [-0.15, -0.1) is 0 Å². The molecule has 0 aliphatic rings. The molecule has 0 aliphatic heterocycles. The van der Waals surface area contributed by atoms with Gasteiger partial charge in [0.15, 0.2) is 11.5 Å². The van der Waals surface area contributed by atoms with Crippen molar-refractivity contribution in [1.29, 1.82) is 0 Å². The Bertz CT molecular complexity index is 652. The monoisotopic (exact) mass is 303 g/mol. The number of aromatic amines is 1. The largest absolute Gasteiger partial charge is 0.493 e. The first-order valence-electron chi connectivity index (χ1n) is 7.14. The van der Waals surface area contributed by atoms with Crippen LogP contribution in [0.2, 0.25) is 0 Å². The molecule has 6 heteroatoms. The minimum absolute atomic E-state index is 0.183. The quantitative estimate of drug-likeness (QED) is 0.860. The Kier molecular flexibility index (Phi) is 5.04. The van der Waals surface area contributed by atoms with E-state index >= 15 is 0 Å². The zero-order chi connectivity index (χ0) is 16.1. The van der Waals surface area contributed by atoms with E-state index in [1.807, 2.05) is 13.8 Å². The number of hydrogen-bond donors (Lipinski definition) is 2. The Morgan fingerprint density at radius 1 is 1.36 bits per heavy atom. The number of benzene rings is 1. The maximum atomic E-state index is 12.6. The fourth-order valence-electron chi connectivity index (χ4n) is 2.28. The number of carbonyl (C=O) groups excluding carboxylic acids is 1. The van der Waals surface area contributed by atoms with E-state index in [1.54, 1.807) is 31.5 Å². The molecule has 6 nitrogen and oxygen atoms in total. The fraction of sp³-hybridized carbons (Fsp3) is 0.375. The normalized spacial score (nSPS) is 11.8.